The van der Waals surface area contributed by atoms with Gasteiger partial charge in [0.15, 0.2) is 21.3 Å². The van der Waals surface area contributed by atoms with E-state index in [1.54, 1.807) is 0 Å². The van der Waals surface area contributed by atoms with Gasteiger partial charge < -0.3 is 20.3 Å². The molecular weight excluding hydrogens is 286 g/mol. The van der Waals surface area contributed by atoms with Crippen LogP contribution in [0.5, 0.6) is 11.5 Å². The number of methoxy groups -OCH3 is 2. The number of benzene rings is 1. The SMILES string of the molecule is COc1cc(CC(N)C(=O)O)c(S(C)(=O)=O)cc1OC. The van der Waals surface area contributed by atoms with Crippen molar-refractivity contribution in [2.45, 2.75) is 17.4 Å². The topological polar surface area (TPSA) is 116 Å². The van der Waals surface area contributed by atoms with Crippen molar-refractivity contribution in [2.75, 3.05) is 20.5 Å². The van der Waals surface area contributed by atoms with Gasteiger partial charge in [-0.3, -0.25) is 4.79 Å². The molecule has 0 saturated carbocycles. The van der Waals surface area contributed by atoms with Gasteiger partial charge in [-0.25, -0.2) is 8.42 Å². The number of sulfone groups is 1. The van der Waals surface area contributed by atoms with E-state index in [-0.39, 0.29) is 22.6 Å². The van der Waals surface area contributed by atoms with Gasteiger partial charge >= 0.3 is 5.97 Å². The number of carbonyl (C=O) groups is 1. The third kappa shape index (κ3) is 3.61. The Hall–Kier alpha value is -1.80. The predicted molar refractivity (Wildman–Crippen MR) is 72.0 cm³/mol. The minimum Gasteiger partial charge on any atom is -0.493 e. The van der Waals surface area contributed by atoms with Crippen molar-refractivity contribution in [1.82, 2.24) is 0 Å². The summed E-state index contributed by atoms with van der Waals surface area (Å²) in [5.74, 6) is -0.646. The smallest absolute Gasteiger partial charge is 0.320 e. The fraction of sp³-hybridized carbons (Fsp3) is 0.417. The van der Waals surface area contributed by atoms with Gasteiger partial charge in [0, 0.05) is 12.3 Å². The highest BCUT2D eigenvalue weighted by Gasteiger charge is 2.22. The minimum atomic E-state index is -3.55. The lowest BCUT2D eigenvalue weighted by Crippen LogP contribution is -2.32. The molecule has 7 nitrogen and oxygen atoms in total. The van der Waals surface area contributed by atoms with Crippen LogP contribution in [0.15, 0.2) is 17.0 Å². The quantitative estimate of drug-likeness (QED) is 0.763. The second-order valence-corrected chi connectivity index (χ2v) is 6.22. The average Bonchev–Trinajstić information content (AvgIpc) is 2.36. The largest absolute Gasteiger partial charge is 0.493 e. The molecule has 1 aromatic rings. The van der Waals surface area contributed by atoms with Crippen LogP contribution in [0.1, 0.15) is 5.56 Å². The van der Waals surface area contributed by atoms with E-state index in [0.29, 0.717) is 5.75 Å². The summed E-state index contributed by atoms with van der Waals surface area (Å²) in [5.41, 5.74) is 5.73. The lowest BCUT2D eigenvalue weighted by molar-refractivity contribution is -0.138. The van der Waals surface area contributed by atoms with Crippen molar-refractivity contribution in [2.24, 2.45) is 5.73 Å². The molecule has 0 aliphatic rings. The molecule has 1 atom stereocenters. The Morgan fingerprint density at radius 1 is 1.30 bits per heavy atom. The van der Waals surface area contributed by atoms with E-state index < -0.39 is 21.8 Å². The first-order valence-corrected chi connectivity index (χ1v) is 7.53. The third-order valence-corrected chi connectivity index (χ3v) is 3.90. The normalized spacial score (nSPS) is 12.8. The lowest BCUT2D eigenvalue weighted by Gasteiger charge is -2.15. The van der Waals surface area contributed by atoms with E-state index in [4.69, 9.17) is 20.3 Å². The Kier molecular flexibility index (Phi) is 4.96. The van der Waals surface area contributed by atoms with Crippen LogP contribution in [-0.2, 0) is 21.1 Å². The number of carboxylic acids is 1. The molecule has 0 radical (unpaired) electrons. The zero-order valence-corrected chi connectivity index (χ0v) is 12.2. The highest BCUT2D eigenvalue weighted by atomic mass is 32.2. The van der Waals surface area contributed by atoms with E-state index in [2.05, 4.69) is 0 Å². The van der Waals surface area contributed by atoms with E-state index in [0.717, 1.165) is 6.26 Å². The average molecular weight is 303 g/mol. The van der Waals surface area contributed by atoms with Crippen molar-refractivity contribution in [3.63, 3.8) is 0 Å². The molecule has 0 fully saturated rings. The molecule has 0 spiro atoms. The summed E-state index contributed by atoms with van der Waals surface area (Å²) < 4.78 is 33.7. The number of hydrogen-bond acceptors (Lipinski definition) is 6. The summed E-state index contributed by atoms with van der Waals surface area (Å²) in [7, 11) is -0.763. The standard InChI is InChI=1S/C12H17NO6S/c1-18-9-5-7(4-8(13)12(14)15)11(20(3,16)17)6-10(9)19-2/h5-6,8H,4,13H2,1-3H3,(H,14,15). The van der Waals surface area contributed by atoms with E-state index in [9.17, 15) is 13.2 Å². The van der Waals surface area contributed by atoms with Gasteiger partial charge in [0.2, 0.25) is 0 Å². The number of nitrogens with two attached hydrogens (primary N) is 1. The molecule has 3 N–H and O–H groups in total. The molecule has 1 aromatic carbocycles. The van der Waals surface area contributed by atoms with Crippen LogP contribution in [0.4, 0.5) is 0 Å². The maximum absolute atomic E-state index is 11.8. The zero-order chi connectivity index (χ0) is 15.5. The van der Waals surface area contributed by atoms with Gasteiger partial charge in [-0.1, -0.05) is 0 Å². The van der Waals surface area contributed by atoms with Gasteiger partial charge in [0.1, 0.15) is 6.04 Å². The van der Waals surface area contributed by atoms with Gasteiger partial charge in [-0.05, 0) is 18.1 Å². The molecular formula is C12H17NO6S. The fourth-order valence-corrected chi connectivity index (χ4v) is 2.67. The third-order valence-electron chi connectivity index (χ3n) is 2.72. The molecule has 8 heteroatoms. The Bertz CT molecular complexity index is 611. The highest BCUT2D eigenvalue weighted by molar-refractivity contribution is 7.90. The molecule has 112 valence electrons. The first kappa shape index (κ1) is 16.3. The van der Waals surface area contributed by atoms with Crippen molar-refractivity contribution < 1.29 is 27.8 Å². The summed E-state index contributed by atoms with van der Waals surface area (Å²) in [4.78, 5) is 10.8. The van der Waals surface area contributed by atoms with Crippen molar-refractivity contribution in [3.05, 3.63) is 17.7 Å². The highest BCUT2D eigenvalue weighted by Crippen LogP contribution is 2.33. The van der Waals surface area contributed by atoms with Crippen LogP contribution in [0.3, 0.4) is 0 Å². The van der Waals surface area contributed by atoms with E-state index in [1.165, 1.54) is 26.4 Å². The number of ether oxygens (including phenoxy) is 2. The van der Waals surface area contributed by atoms with Crippen LogP contribution < -0.4 is 15.2 Å². The molecule has 20 heavy (non-hydrogen) atoms. The molecule has 0 saturated heterocycles. The van der Waals surface area contributed by atoms with Gasteiger partial charge in [-0.15, -0.1) is 0 Å². The van der Waals surface area contributed by atoms with Gasteiger partial charge in [-0.2, -0.15) is 0 Å². The number of carboxylic acid groups (broad SMARTS) is 1. The Morgan fingerprint density at radius 3 is 2.20 bits per heavy atom. The van der Waals surface area contributed by atoms with E-state index >= 15 is 0 Å². The van der Waals surface area contributed by atoms with Crippen LogP contribution in [0.2, 0.25) is 0 Å². The summed E-state index contributed by atoms with van der Waals surface area (Å²) in [6.45, 7) is 0. The molecule has 0 aromatic heterocycles. The van der Waals surface area contributed by atoms with Crippen molar-refractivity contribution >= 4 is 15.8 Å². The molecule has 0 heterocycles. The van der Waals surface area contributed by atoms with Crippen molar-refractivity contribution in [1.29, 1.82) is 0 Å². The monoisotopic (exact) mass is 303 g/mol. The molecule has 0 bridgehead atoms. The molecule has 0 amide bonds. The first-order chi connectivity index (χ1) is 9.20. The number of hydrogen-bond donors (Lipinski definition) is 2. The number of aliphatic carboxylic acids is 1. The van der Waals surface area contributed by atoms with Gasteiger partial charge in [0.05, 0.1) is 19.1 Å². The Morgan fingerprint density at radius 2 is 1.80 bits per heavy atom. The van der Waals surface area contributed by atoms with E-state index in [1.807, 2.05) is 0 Å². The maximum atomic E-state index is 11.8. The van der Waals surface area contributed by atoms with Crippen LogP contribution in [0.25, 0.3) is 0 Å². The Labute approximate surface area is 117 Å². The summed E-state index contributed by atoms with van der Waals surface area (Å²) >= 11 is 0. The maximum Gasteiger partial charge on any atom is 0.320 e. The molecule has 0 aliphatic heterocycles. The summed E-state index contributed by atoms with van der Waals surface area (Å²) in [6.07, 6.45) is 0.905. The Balaban J connectivity index is 3.43. The van der Waals surface area contributed by atoms with Crippen molar-refractivity contribution in [3.8, 4) is 11.5 Å². The second kappa shape index (κ2) is 6.10. The molecule has 0 aliphatic carbocycles. The summed E-state index contributed by atoms with van der Waals surface area (Å²) in [5, 5.41) is 8.83. The predicted octanol–water partition coefficient (Wildman–Crippen LogP) is 0.0617. The molecule has 1 rings (SSSR count). The van der Waals surface area contributed by atoms with Crippen LogP contribution in [-0.4, -0.2) is 46.0 Å². The van der Waals surface area contributed by atoms with Gasteiger partial charge in [0.25, 0.3) is 0 Å². The van der Waals surface area contributed by atoms with Crippen LogP contribution >= 0.6 is 0 Å². The zero-order valence-electron chi connectivity index (χ0n) is 11.4. The summed E-state index contributed by atoms with van der Waals surface area (Å²) in [6, 6.07) is 1.53. The fourth-order valence-electron chi connectivity index (χ4n) is 1.73. The minimum absolute atomic E-state index is 0.0214. The second-order valence-electron chi connectivity index (χ2n) is 4.24. The lowest BCUT2D eigenvalue weighted by atomic mass is 10.1. The molecule has 1 unspecified atom stereocenters. The first-order valence-electron chi connectivity index (χ1n) is 5.64. The number of rotatable bonds is 6. The van der Waals surface area contributed by atoms with Crippen LogP contribution in [0, 0.1) is 0 Å².